The van der Waals surface area contributed by atoms with Gasteiger partial charge in [0.15, 0.2) is 13.2 Å². The van der Waals surface area contributed by atoms with Crippen LogP contribution in [0.25, 0.3) is 11.0 Å². The van der Waals surface area contributed by atoms with Gasteiger partial charge in [-0.25, -0.2) is 9.59 Å². The molecule has 134 valence electrons. The Balaban J connectivity index is 1.84. The Morgan fingerprint density at radius 1 is 1.20 bits per heavy atom. The van der Waals surface area contributed by atoms with Gasteiger partial charge in [-0.15, -0.1) is 0 Å². The number of aryl methyl sites for hydroxylation is 1. The Morgan fingerprint density at radius 3 is 2.76 bits per heavy atom. The molecule has 1 aromatic carbocycles. The molecular formula is C17H19NO7. The molecule has 8 heteroatoms. The van der Waals surface area contributed by atoms with Crippen molar-refractivity contribution in [3.8, 4) is 5.75 Å². The molecule has 1 heterocycles. The third kappa shape index (κ3) is 5.61. The quantitative estimate of drug-likeness (QED) is 0.427. The smallest absolute Gasteiger partial charge is 0.344 e. The largest absolute Gasteiger partial charge is 0.482 e. The van der Waals surface area contributed by atoms with E-state index >= 15 is 0 Å². The summed E-state index contributed by atoms with van der Waals surface area (Å²) in [5.74, 6) is -0.760. The Bertz CT molecular complexity index is 812. The summed E-state index contributed by atoms with van der Waals surface area (Å²) in [7, 11) is 1.52. The van der Waals surface area contributed by atoms with Crippen LogP contribution in [0.4, 0.5) is 0 Å². The standard InChI is InChI=1S/C17H19NO7/c1-11-7-16(20)25-14-8-12(3-4-13(11)14)23-10-17(21)24-9-15(19)18-5-6-22-2/h3-4,7-8H,5-6,9-10H2,1-2H3,(H,18,19). The first kappa shape index (κ1) is 18.5. The van der Waals surface area contributed by atoms with Crippen molar-refractivity contribution >= 4 is 22.8 Å². The minimum atomic E-state index is -0.687. The first-order chi connectivity index (χ1) is 12.0. The molecule has 1 aromatic heterocycles. The van der Waals surface area contributed by atoms with Gasteiger partial charge in [-0.1, -0.05) is 0 Å². The van der Waals surface area contributed by atoms with Gasteiger partial charge in [-0.3, -0.25) is 4.79 Å². The molecule has 8 nitrogen and oxygen atoms in total. The summed E-state index contributed by atoms with van der Waals surface area (Å²) in [6, 6.07) is 6.31. The number of carbonyl (C=O) groups is 2. The van der Waals surface area contributed by atoms with Crippen molar-refractivity contribution in [2.75, 3.05) is 33.5 Å². The SMILES string of the molecule is COCCNC(=O)COC(=O)COc1ccc2c(C)cc(=O)oc2c1. The Labute approximate surface area is 143 Å². The molecule has 0 unspecified atom stereocenters. The maximum atomic E-state index is 11.6. The van der Waals surface area contributed by atoms with Crippen LogP contribution in [-0.4, -0.2) is 45.4 Å². The number of rotatable bonds is 8. The molecule has 0 fully saturated rings. The van der Waals surface area contributed by atoms with E-state index in [0.717, 1.165) is 10.9 Å². The third-order valence-corrected chi connectivity index (χ3v) is 3.27. The molecule has 2 rings (SSSR count). The molecule has 1 N–H and O–H groups in total. The van der Waals surface area contributed by atoms with Crippen LogP contribution in [0.5, 0.6) is 5.75 Å². The molecule has 0 spiro atoms. The van der Waals surface area contributed by atoms with E-state index in [0.29, 0.717) is 24.5 Å². The van der Waals surface area contributed by atoms with Crippen molar-refractivity contribution in [2.45, 2.75) is 6.92 Å². The summed E-state index contributed by atoms with van der Waals surface area (Å²) in [5.41, 5.74) is 0.700. The van der Waals surface area contributed by atoms with Crippen LogP contribution < -0.4 is 15.7 Å². The fourth-order valence-corrected chi connectivity index (χ4v) is 2.07. The molecule has 0 saturated carbocycles. The number of ether oxygens (including phenoxy) is 3. The third-order valence-electron chi connectivity index (χ3n) is 3.27. The van der Waals surface area contributed by atoms with Crippen molar-refractivity contribution in [1.29, 1.82) is 0 Å². The van der Waals surface area contributed by atoms with E-state index < -0.39 is 24.1 Å². The summed E-state index contributed by atoms with van der Waals surface area (Å²) in [5, 5.41) is 3.30. The summed E-state index contributed by atoms with van der Waals surface area (Å²) in [6.07, 6.45) is 0. The van der Waals surface area contributed by atoms with Gasteiger partial charge in [0.2, 0.25) is 0 Å². The molecule has 0 aliphatic rings. The highest BCUT2D eigenvalue weighted by molar-refractivity contribution is 5.82. The number of carbonyl (C=O) groups excluding carboxylic acids is 2. The van der Waals surface area contributed by atoms with Crippen LogP contribution in [0.3, 0.4) is 0 Å². The van der Waals surface area contributed by atoms with Gasteiger partial charge in [0.1, 0.15) is 11.3 Å². The lowest BCUT2D eigenvalue weighted by molar-refractivity contribution is -0.150. The van der Waals surface area contributed by atoms with E-state index in [2.05, 4.69) is 5.32 Å². The topological polar surface area (TPSA) is 104 Å². The van der Waals surface area contributed by atoms with E-state index in [4.69, 9.17) is 18.6 Å². The number of amides is 1. The second-order valence-electron chi connectivity index (χ2n) is 5.20. The molecule has 0 saturated heterocycles. The highest BCUT2D eigenvalue weighted by Gasteiger charge is 2.09. The first-order valence-corrected chi connectivity index (χ1v) is 7.58. The van der Waals surface area contributed by atoms with Crippen molar-refractivity contribution in [3.05, 3.63) is 40.2 Å². The van der Waals surface area contributed by atoms with Gasteiger partial charge in [-0.05, 0) is 24.6 Å². The van der Waals surface area contributed by atoms with Crippen LogP contribution in [0.15, 0.2) is 33.5 Å². The number of hydrogen-bond donors (Lipinski definition) is 1. The van der Waals surface area contributed by atoms with E-state index in [9.17, 15) is 14.4 Å². The second kappa shape index (κ2) is 8.84. The monoisotopic (exact) mass is 349 g/mol. The summed E-state index contributed by atoms with van der Waals surface area (Å²) in [6.45, 7) is 1.75. The van der Waals surface area contributed by atoms with Gasteiger partial charge in [0, 0.05) is 31.2 Å². The van der Waals surface area contributed by atoms with Crippen LogP contribution in [-0.2, 0) is 19.1 Å². The number of nitrogens with one attached hydrogen (secondary N) is 1. The van der Waals surface area contributed by atoms with Gasteiger partial charge in [-0.2, -0.15) is 0 Å². The van der Waals surface area contributed by atoms with E-state index in [1.165, 1.54) is 19.2 Å². The first-order valence-electron chi connectivity index (χ1n) is 7.58. The predicted octanol–water partition coefficient (Wildman–Crippen LogP) is 0.786. The molecule has 0 atom stereocenters. The second-order valence-corrected chi connectivity index (χ2v) is 5.20. The minimum absolute atomic E-state index is 0.338. The van der Waals surface area contributed by atoms with Crippen LogP contribution in [0.2, 0.25) is 0 Å². The molecule has 1 amide bonds. The Morgan fingerprint density at radius 2 is 2.00 bits per heavy atom. The normalized spacial score (nSPS) is 10.5. The van der Waals surface area contributed by atoms with Crippen molar-refractivity contribution in [2.24, 2.45) is 0 Å². The lowest BCUT2D eigenvalue weighted by Gasteiger charge is -2.08. The highest BCUT2D eigenvalue weighted by Crippen LogP contribution is 2.22. The fraction of sp³-hybridized carbons (Fsp3) is 0.353. The zero-order chi connectivity index (χ0) is 18.2. The van der Waals surface area contributed by atoms with Crippen molar-refractivity contribution in [3.63, 3.8) is 0 Å². The summed E-state index contributed by atoms with van der Waals surface area (Å²) in [4.78, 5) is 34.4. The number of esters is 1. The van der Waals surface area contributed by atoms with Crippen molar-refractivity contribution < 1.29 is 28.2 Å². The molecule has 0 bridgehead atoms. The lowest BCUT2D eigenvalue weighted by Crippen LogP contribution is -2.32. The predicted molar refractivity (Wildman–Crippen MR) is 88.6 cm³/mol. The zero-order valence-electron chi connectivity index (χ0n) is 14.0. The lowest BCUT2D eigenvalue weighted by atomic mass is 10.1. The average molecular weight is 349 g/mol. The molecule has 0 aliphatic heterocycles. The number of benzene rings is 1. The Kier molecular flexibility index (Phi) is 6.53. The maximum absolute atomic E-state index is 11.6. The van der Waals surface area contributed by atoms with Crippen LogP contribution in [0.1, 0.15) is 5.56 Å². The maximum Gasteiger partial charge on any atom is 0.344 e. The summed E-state index contributed by atoms with van der Waals surface area (Å²) < 4.78 is 20.0. The van der Waals surface area contributed by atoms with E-state index in [1.54, 1.807) is 19.1 Å². The van der Waals surface area contributed by atoms with Crippen LogP contribution >= 0.6 is 0 Å². The fourth-order valence-electron chi connectivity index (χ4n) is 2.07. The molecule has 0 aliphatic carbocycles. The molecular weight excluding hydrogens is 330 g/mol. The highest BCUT2D eigenvalue weighted by atomic mass is 16.6. The van der Waals surface area contributed by atoms with Crippen LogP contribution in [0, 0.1) is 6.92 Å². The summed E-state index contributed by atoms with van der Waals surface area (Å²) >= 11 is 0. The van der Waals surface area contributed by atoms with Gasteiger partial charge >= 0.3 is 11.6 Å². The van der Waals surface area contributed by atoms with E-state index in [-0.39, 0.29) is 6.61 Å². The number of fused-ring (bicyclic) bond motifs is 1. The van der Waals surface area contributed by atoms with E-state index in [1.807, 2.05) is 0 Å². The average Bonchev–Trinajstić information content (AvgIpc) is 2.58. The number of methoxy groups -OCH3 is 1. The number of hydrogen-bond acceptors (Lipinski definition) is 7. The molecule has 2 aromatic rings. The van der Waals surface area contributed by atoms with Gasteiger partial charge < -0.3 is 23.9 Å². The van der Waals surface area contributed by atoms with Gasteiger partial charge in [0.05, 0.1) is 6.61 Å². The zero-order valence-corrected chi connectivity index (χ0v) is 14.0. The van der Waals surface area contributed by atoms with Gasteiger partial charge in [0.25, 0.3) is 5.91 Å². The molecule has 25 heavy (non-hydrogen) atoms. The Hall–Kier alpha value is -2.87. The van der Waals surface area contributed by atoms with Crippen molar-refractivity contribution in [1.82, 2.24) is 5.32 Å². The molecule has 0 radical (unpaired) electrons. The minimum Gasteiger partial charge on any atom is -0.482 e.